The first-order chi connectivity index (χ1) is 13.0. The van der Waals surface area contributed by atoms with Gasteiger partial charge in [0, 0.05) is 17.8 Å². The highest BCUT2D eigenvalue weighted by molar-refractivity contribution is 7.89. The van der Waals surface area contributed by atoms with E-state index in [9.17, 15) is 13.2 Å². The van der Waals surface area contributed by atoms with Gasteiger partial charge in [-0.1, -0.05) is 24.3 Å². The number of para-hydroxylation sites is 1. The molecule has 0 atom stereocenters. The summed E-state index contributed by atoms with van der Waals surface area (Å²) in [7, 11) is -3.93. The van der Waals surface area contributed by atoms with Crippen LogP contribution in [0.4, 0.5) is 5.69 Å². The average molecular weight is 379 g/mol. The molecule has 0 saturated heterocycles. The Hall–Kier alpha value is -3.59. The molecule has 1 N–H and O–H groups in total. The number of nitrogens with one attached hydrogen (secondary N) is 1. The highest BCUT2D eigenvalue weighted by atomic mass is 32.2. The molecule has 3 heterocycles. The zero-order chi connectivity index (χ0) is 18.9. The minimum absolute atomic E-state index is 0.00639. The second kappa shape index (κ2) is 6.61. The SMILES string of the molecule is O=C(Nc1cnn(S(=O)(=O)c2cnc3ccccc3c2)c1)c1ccccn1. The molecule has 27 heavy (non-hydrogen) atoms. The second-order valence-corrected chi connectivity index (χ2v) is 7.44. The summed E-state index contributed by atoms with van der Waals surface area (Å²) in [6, 6.07) is 13.7. The Balaban J connectivity index is 1.62. The fraction of sp³-hybridized carbons (Fsp3) is 0. The Morgan fingerprint density at radius 2 is 1.81 bits per heavy atom. The molecule has 0 aliphatic carbocycles. The lowest BCUT2D eigenvalue weighted by Crippen LogP contribution is -2.15. The molecule has 0 saturated carbocycles. The number of fused-ring (bicyclic) bond motifs is 1. The van der Waals surface area contributed by atoms with Crippen molar-refractivity contribution in [1.29, 1.82) is 0 Å². The first-order valence-electron chi connectivity index (χ1n) is 7.91. The van der Waals surface area contributed by atoms with Gasteiger partial charge in [-0.15, -0.1) is 0 Å². The van der Waals surface area contributed by atoms with Gasteiger partial charge in [0.05, 0.1) is 23.6 Å². The molecule has 4 aromatic rings. The summed E-state index contributed by atoms with van der Waals surface area (Å²) in [5, 5.41) is 7.13. The highest BCUT2D eigenvalue weighted by Crippen LogP contribution is 2.19. The molecule has 0 radical (unpaired) electrons. The molecular weight excluding hydrogens is 366 g/mol. The van der Waals surface area contributed by atoms with Crippen molar-refractivity contribution in [1.82, 2.24) is 19.2 Å². The summed E-state index contributed by atoms with van der Waals surface area (Å²) in [4.78, 5) is 20.2. The van der Waals surface area contributed by atoms with Crippen LogP contribution in [-0.4, -0.2) is 33.5 Å². The van der Waals surface area contributed by atoms with E-state index in [2.05, 4.69) is 20.4 Å². The van der Waals surface area contributed by atoms with Gasteiger partial charge in [-0.2, -0.15) is 17.6 Å². The maximum absolute atomic E-state index is 12.8. The summed E-state index contributed by atoms with van der Waals surface area (Å²) < 4.78 is 26.4. The molecule has 0 spiro atoms. The van der Waals surface area contributed by atoms with E-state index >= 15 is 0 Å². The van der Waals surface area contributed by atoms with Crippen LogP contribution in [0.25, 0.3) is 10.9 Å². The lowest BCUT2D eigenvalue weighted by molar-refractivity contribution is 0.102. The minimum atomic E-state index is -3.93. The number of pyridine rings is 2. The van der Waals surface area contributed by atoms with Crippen molar-refractivity contribution in [2.45, 2.75) is 4.90 Å². The van der Waals surface area contributed by atoms with Crippen molar-refractivity contribution in [2.24, 2.45) is 0 Å². The quantitative estimate of drug-likeness (QED) is 0.583. The van der Waals surface area contributed by atoms with Crippen molar-refractivity contribution in [3.63, 3.8) is 0 Å². The number of nitrogens with zero attached hydrogens (tertiary/aromatic N) is 4. The van der Waals surface area contributed by atoms with Crippen LogP contribution in [0.15, 0.2) is 78.2 Å². The van der Waals surface area contributed by atoms with Crippen molar-refractivity contribution in [3.05, 3.63) is 79.0 Å². The number of rotatable bonds is 4. The molecule has 134 valence electrons. The molecule has 0 unspecified atom stereocenters. The molecule has 9 heteroatoms. The van der Waals surface area contributed by atoms with Gasteiger partial charge in [-0.3, -0.25) is 14.8 Å². The Bertz CT molecular complexity index is 1240. The molecule has 4 rings (SSSR count). The van der Waals surface area contributed by atoms with Gasteiger partial charge in [0.2, 0.25) is 0 Å². The topological polar surface area (TPSA) is 107 Å². The minimum Gasteiger partial charge on any atom is -0.318 e. The van der Waals surface area contributed by atoms with E-state index in [-0.39, 0.29) is 16.3 Å². The highest BCUT2D eigenvalue weighted by Gasteiger charge is 2.20. The second-order valence-electron chi connectivity index (χ2n) is 5.64. The van der Waals surface area contributed by atoms with Gasteiger partial charge >= 0.3 is 0 Å². The van der Waals surface area contributed by atoms with E-state index < -0.39 is 15.9 Å². The Morgan fingerprint density at radius 1 is 1.00 bits per heavy atom. The van der Waals surface area contributed by atoms with Crippen LogP contribution < -0.4 is 5.32 Å². The number of aromatic nitrogens is 4. The predicted molar refractivity (Wildman–Crippen MR) is 98.7 cm³/mol. The van der Waals surface area contributed by atoms with E-state index in [1.165, 1.54) is 30.9 Å². The van der Waals surface area contributed by atoms with Crippen LogP contribution in [0.3, 0.4) is 0 Å². The van der Waals surface area contributed by atoms with Crippen LogP contribution in [0.1, 0.15) is 10.5 Å². The lowest BCUT2D eigenvalue weighted by Gasteiger charge is -2.05. The van der Waals surface area contributed by atoms with Crippen LogP contribution in [0.5, 0.6) is 0 Å². The summed E-state index contributed by atoms with van der Waals surface area (Å²) in [6.45, 7) is 0. The maximum Gasteiger partial charge on any atom is 0.284 e. The van der Waals surface area contributed by atoms with Crippen LogP contribution in [0.2, 0.25) is 0 Å². The molecule has 0 aliphatic rings. The third-order valence-electron chi connectivity index (χ3n) is 3.83. The van der Waals surface area contributed by atoms with Crippen molar-refractivity contribution >= 4 is 32.5 Å². The van der Waals surface area contributed by atoms with E-state index in [1.54, 1.807) is 36.4 Å². The van der Waals surface area contributed by atoms with Crippen molar-refractivity contribution < 1.29 is 13.2 Å². The van der Waals surface area contributed by atoms with Crippen LogP contribution >= 0.6 is 0 Å². The van der Waals surface area contributed by atoms with E-state index in [0.29, 0.717) is 10.9 Å². The number of hydrogen-bond donors (Lipinski definition) is 1. The molecule has 0 aliphatic heterocycles. The summed E-state index contributed by atoms with van der Waals surface area (Å²) in [6.07, 6.45) is 5.26. The summed E-state index contributed by atoms with van der Waals surface area (Å²) in [5.74, 6) is -0.458. The number of carbonyl (C=O) groups is 1. The fourth-order valence-electron chi connectivity index (χ4n) is 2.49. The average Bonchev–Trinajstić information content (AvgIpc) is 3.17. The number of benzene rings is 1. The van der Waals surface area contributed by atoms with Crippen molar-refractivity contribution in [3.8, 4) is 0 Å². The number of amides is 1. The zero-order valence-corrected chi connectivity index (χ0v) is 14.7. The van der Waals surface area contributed by atoms with Crippen LogP contribution in [-0.2, 0) is 10.0 Å². The van der Waals surface area contributed by atoms with E-state index in [4.69, 9.17) is 0 Å². The van der Waals surface area contributed by atoms with Crippen LogP contribution in [0, 0.1) is 0 Å². The van der Waals surface area contributed by atoms with Gasteiger partial charge in [-0.05, 0) is 24.3 Å². The Labute approximate surface area is 154 Å². The van der Waals surface area contributed by atoms with Crippen molar-refractivity contribution in [2.75, 3.05) is 5.32 Å². The van der Waals surface area contributed by atoms with Gasteiger partial charge in [0.15, 0.2) is 0 Å². The lowest BCUT2D eigenvalue weighted by atomic mass is 10.2. The van der Waals surface area contributed by atoms with Gasteiger partial charge in [0.25, 0.3) is 15.9 Å². The first-order valence-corrected chi connectivity index (χ1v) is 9.35. The Morgan fingerprint density at radius 3 is 2.63 bits per heavy atom. The molecule has 0 fully saturated rings. The molecule has 0 bridgehead atoms. The number of hydrogen-bond acceptors (Lipinski definition) is 6. The maximum atomic E-state index is 12.8. The normalized spacial score (nSPS) is 11.4. The smallest absolute Gasteiger partial charge is 0.284 e. The van der Waals surface area contributed by atoms with Gasteiger partial charge < -0.3 is 5.32 Å². The third-order valence-corrected chi connectivity index (χ3v) is 5.34. The number of anilines is 1. The van der Waals surface area contributed by atoms with Gasteiger partial charge in [0.1, 0.15) is 10.6 Å². The molecule has 1 amide bonds. The molecular formula is C18H13N5O3S. The summed E-state index contributed by atoms with van der Waals surface area (Å²) >= 11 is 0. The van der Waals surface area contributed by atoms with E-state index in [0.717, 1.165) is 4.09 Å². The Kier molecular flexibility index (Phi) is 4.13. The largest absolute Gasteiger partial charge is 0.318 e. The number of carbonyl (C=O) groups excluding carboxylic acids is 1. The molecule has 8 nitrogen and oxygen atoms in total. The van der Waals surface area contributed by atoms with Gasteiger partial charge in [-0.25, -0.2) is 0 Å². The first kappa shape index (κ1) is 16.9. The predicted octanol–water partition coefficient (Wildman–Crippen LogP) is 2.32. The molecule has 1 aromatic carbocycles. The third kappa shape index (κ3) is 3.27. The fourth-order valence-corrected chi connectivity index (χ4v) is 3.59. The zero-order valence-electron chi connectivity index (χ0n) is 13.9. The van der Waals surface area contributed by atoms with E-state index in [1.807, 2.05) is 6.07 Å². The monoisotopic (exact) mass is 379 g/mol. The standard InChI is InChI=1S/C18H13N5O3S/c24-18(17-7-3-4-8-19-17)22-14-10-21-23(12-14)27(25,26)15-9-13-5-1-2-6-16(13)20-11-15/h1-12H,(H,22,24). The molecule has 3 aromatic heterocycles. The summed E-state index contributed by atoms with van der Waals surface area (Å²) in [5.41, 5.74) is 1.15.